The maximum atomic E-state index is 13.7. The number of oxime groups is 1. The number of benzene rings is 1. The highest BCUT2D eigenvalue weighted by atomic mass is 32.2. The third kappa shape index (κ3) is 7.46. The number of fused-ring (bicyclic) bond motifs is 2. The van der Waals surface area contributed by atoms with Crippen LogP contribution in [0.15, 0.2) is 38.7 Å². The number of hydrogen-bond donors (Lipinski definition) is 6. The summed E-state index contributed by atoms with van der Waals surface area (Å²) in [5, 5.41) is 52.9. The molecule has 2 aromatic heterocycles. The van der Waals surface area contributed by atoms with Gasteiger partial charge in [-0.15, -0.1) is 23.1 Å². The summed E-state index contributed by atoms with van der Waals surface area (Å²) in [6.45, 7) is 4.42. The van der Waals surface area contributed by atoms with Gasteiger partial charge in [0.2, 0.25) is 12.0 Å². The Kier molecular flexibility index (Phi) is 10.5. The number of β-lactam (4-membered cyclic amide) rings is 1. The van der Waals surface area contributed by atoms with Crippen molar-refractivity contribution in [1.82, 2.24) is 13.8 Å². The zero-order chi connectivity index (χ0) is 38.4. The van der Waals surface area contributed by atoms with Crippen molar-refractivity contribution in [3.8, 4) is 11.5 Å². The number of nitrogens with two attached hydrogens (primary N) is 1. The maximum absolute atomic E-state index is 13.7. The quantitative estimate of drug-likeness (QED) is 0.0420. The Balaban J connectivity index is 1.22. The number of ketones is 1. The first-order valence-corrected chi connectivity index (χ1v) is 19.0. The Hall–Kier alpha value is -4.99. The summed E-state index contributed by atoms with van der Waals surface area (Å²) >= 11 is 3.46. The molecular weight excluding hydrogens is 757 g/mol. The van der Waals surface area contributed by atoms with E-state index in [1.165, 1.54) is 34.2 Å². The van der Waals surface area contributed by atoms with E-state index in [4.69, 9.17) is 15.7 Å². The number of thioether (sulfide) groups is 1. The predicted octanol–water partition coefficient (Wildman–Crippen LogP) is 1.69. The van der Waals surface area contributed by atoms with Gasteiger partial charge in [0.25, 0.3) is 5.56 Å². The number of carboxylic acids is 3. The van der Waals surface area contributed by atoms with Crippen molar-refractivity contribution in [1.29, 1.82) is 0 Å². The lowest BCUT2D eigenvalue weighted by Gasteiger charge is -2.51. The molecule has 0 saturated carbocycles. The van der Waals surface area contributed by atoms with Crippen LogP contribution >= 0.6 is 34.6 Å². The first-order chi connectivity index (χ1) is 25.1. The lowest BCUT2D eigenvalue weighted by Crippen LogP contribution is -2.63. The maximum Gasteiger partial charge on any atom is 0.352 e. The van der Waals surface area contributed by atoms with Crippen molar-refractivity contribution < 1.29 is 58.8 Å². The number of carbonyl (C=O) groups excluding carboxylic acids is 2. The van der Waals surface area contributed by atoms with Crippen LogP contribution < -0.4 is 11.3 Å². The summed E-state index contributed by atoms with van der Waals surface area (Å²) in [4.78, 5) is 86.0. The minimum absolute atomic E-state index is 0.0574. The second-order valence-electron chi connectivity index (χ2n) is 13.0. The highest BCUT2D eigenvalue weighted by Gasteiger charge is 2.56. The van der Waals surface area contributed by atoms with Crippen LogP contribution in [0.5, 0.6) is 11.5 Å². The van der Waals surface area contributed by atoms with Gasteiger partial charge in [-0.2, -0.15) is 0 Å². The second kappa shape index (κ2) is 14.8. The molecule has 0 unspecified atom stereocenters. The minimum Gasteiger partial charge on any atom is -0.504 e. The Morgan fingerprint density at radius 1 is 1.11 bits per heavy atom. The van der Waals surface area contributed by atoms with E-state index in [2.05, 4.69) is 10.1 Å². The molecule has 5 heterocycles. The van der Waals surface area contributed by atoms with Crippen molar-refractivity contribution in [2.75, 3.05) is 31.9 Å². The zero-order valence-corrected chi connectivity index (χ0v) is 30.5. The summed E-state index contributed by atoms with van der Waals surface area (Å²) in [7, 11) is 0. The van der Waals surface area contributed by atoms with Gasteiger partial charge in [-0.05, 0) is 13.0 Å². The molecule has 3 aliphatic rings. The number of quaternary nitrogens is 1. The van der Waals surface area contributed by atoms with Gasteiger partial charge in [0.15, 0.2) is 28.1 Å². The van der Waals surface area contributed by atoms with E-state index in [0.29, 0.717) is 34.4 Å². The second-order valence-corrected chi connectivity index (χ2v) is 16.5. The topological polar surface area (TPSA) is 272 Å². The summed E-state index contributed by atoms with van der Waals surface area (Å²) in [5.74, 6) is -7.44. The zero-order valence-electron chi connectivity index (χ0n) is 28.0. The number of aliphatic carboxylic acids is 3. The lowest BCUT2D eigenvalue weighted by molar-refractivity contribution is -0.912. The van der Waals surface area contributed by atoms with Crippen molar-refractivity contribution >= 4 is 85.2 Å². The molecule has 6 rings (SSSR count). The molecule has 0 bridgehead atoms. The Labute approximate surface area is 312 Å². The third-order valence-electron chi connectivity index (χ3n) is 9.62. The predicted molar refractivity (Wildman–Crippen MR) is 192 cm³/mol. The molecule has 4 atom stereocenters. The molecule has 21 heteroatoms. The number of phenolic OH excluding ortho intramolecular Hbond substituents is 2. The van der Waals surface area contributed by atoms with Crippen LogP contribution in [0.4, 0.5) is 5.13 Å². The molecule has 7 N–H and O–H groups in total. The van der Waals surface area contributed by atoms with Crippen LogP contribution in [0.25, 0.3) is 10.1 Å². The van der Waals surface area contributed by atoms with Gasteiger partial charge in [-0.1, -0.05) is 16.7 Å². The molecule has 2 saturated heterocycles. The number of nitrogen functional groups attached to an aromatic ring is 1. The molecular formula is C32H35N6O12S3+. The Bertz CT molecular complexity index is 2130. The number of thiazole rings is 1. The van der Waals surface area contributed by atoms with E-state index >= 15 is 0 Å². The number of Topliss-reactive ketones (excluding diaryl/α,β-unsaturated/α-hetero) is 1. The minimum atomic E-state index is -1.92. The molecule has 2 fully saturated rings. The number of aromatic hydroxyl groups is 2. The van der Waals surface area contributed by atoms with E-state index in [1.807, 2.05) is 6.92 Å². The first kappa shape index (κ1) is 37.8. The van der Waals surface area contributed by atoms with Crippen LogP contribution in [-0.2, 0) is 35.4 Å². The van der Waals surface area contributed by atoms with Crippen molar-refractivity contribution in [2.24, 2.45) is 11.1 Å². The number of hydrogen-bond acceptors (Lipinski definition) is 15. The number of anilines is 1. The van der Waals surface area contributed by atoms with Gasteiger partial charge in [-0.25, -0.2) is 14.6 Å². The molecule has 0 spiro atoms. The van der Waals surface area contributed by atoms with Crippen LogP contribution in [0, 0.1) is 5.92 Å². The standard InChI is InChI=1S/C32H34N6O12S3/c1-14-17(12-38(5-2-3-6-38)7-4-36-27(44)15-8-19(39)20(40)10-23(15)53-36)26(31(48)49)37-28(45)16(29(37)52-14)9-21(41)25(18-13-51-32(33)34-18)35-50-22(30(46)47)11-24(42)43/h8,10,13-14,16,22,29H,2-7,9,11-12H2,1H3,(H6-,33,34,35,39,40,41,42,43,44,46,47,48,49)/p+1/t14-,16+,22-,29+/m0/s1. The number of rotatable bonds is 15. The number of amides is 1. The first-order valence-electron chi connectivity index (χ1n) is 16.4. The summed E-state index contributed by atoms with van der Waals surface area (Å²) in [6, 6.07) is 2.58. The average Bonchev–Trinajstić information content (AvgIpc) is 3.82. The molecule has 3 aliphatic heterocycles. The van der Waals surface area contributed by atoms with Crippen LogP contribution in [0.1, 0.15) is 38.3 Å². The number of aromatic nitrogens is 2. The van der Waals surface area contributed by atoms with E-state index in [9.17, 15) is 49.2 Å². The molecule has 0 aliphatic carbocycles. The summed E-state index contributed by atoms with van der Waals surface area (Å²) < 4.78 is 2.56. The van der Waals surface area contributed by atoms with Gasteiger partial charge >= 0.3 is 17.9 Å². The molecule has 0 radical (unpaired) electrons. The number of carbonyl (C=O) groups is 5. The monoisotopic (exact) mass is 791 g/mol. The molecule has 1 amide bonds. The molecule has 53 heavy (non-hydrogen) atoms. The van der Waals surface area contributed by atoms with E-state index in [0.717, 1.165) is 48.8 Å². The molecule has 18 nitrogen and oxygen atoms in total. The number of carboxylic acid groups (broad SMARTS) is 3. The summed E-state index contributed by atoms with van der Waals surface area (Å²) in [5.41, 5.74) is 5.31. The molecule has 282 valence electrons. The van der Waals surface area contributed by atoms with Gasteiger partial charge in [0, 0.05) is 41.5 Å². The number of nitrogens with zero attached hydrogens (tertiary/aromatic N) is 5. The van der Waals surface area contributed by atoms with E-state index in [-0.39, 0.29) is 44.2 Å². The SMILES string of the molecule is C[C@@H]1S[C@@H]2[C@H](CC(=O)/C(=N\O[C@@H](CC(=O)O)C(=O)O)c3csc(N)n3)C(=O)N2C(C(=O)O)=C1C[N+]1(CCn2sc3cc(O)c(O)cc3c2=O)CCCC1. The fourth-order valence-electron chi connectivity index (χ4n) is 6.94. The largest absolute Gasteiger partial charge is 0.504 e. The van der Waals surface area contributed by atoms with Gasteiger partial charge in [0.05, 0.1) is 54.0 Å². The van der Waals surface area contributed by atoms with E-state index < -0.39 is 65.5 Å². The fraction of sp³-hybridized carbons (Fsp3) is 0.438. The average molecular weight is 792 g/mol. The van der Waals surface area contributed by atoms with Crippen molar-refractivity contribution in [3.05, 3.63) is 44.8 Å². The lowest BCUT2D eigenvalue weighted by atomic mass is 9.88. The van der Waals surface area contributed by atoms with Gasteiger partial charge in [0.1, 0.15) is 17.9 Å². The third-order valence-corrected chi connectivity index (χ3v) is 12.9. The van der Waals surface area contributed by atoms with Crippen molar-refractivity contribution in [2.45, 2.75) is 55.9 Å². The van der Waals surface area contributed by atoms with Crippen LogP contribution in [-0.4, -0.2) is 122 Å². The Morgan fingerprint density at radius 2 is 1.81 bits per heavy atom. The normalized spacial score (nSPS) is 21.7. The van der Waals surface area contributed by atoms with E-state index in [1.54, 1.807) is 3.96 Å². The van der Waals surface area contributed by atoms with Gasteiger partial charge < -0.3 is 40.6 Å². The highest BCUT2D eigenvalue weighted by Crippen LogP contribution is 2.49. The highest BCUT2D eigenvalue weighted by molar-refractivity contribution is 8.00. The molecule has 1 aromatic carbocycles. The molecule has 3 aromatic rings. The van der Waals surface area contributed by atoms with Crippen molar-refractivity contribution in [3.63, 3.8) is 0 Å². The summed E-state index contributed by atoms with van der Waals surface area (Å²) in [6.07, 6.45) is -1.54. The number of likely N-dealkylation sites (tertiary alicyclic amines) is 1. The number of phenols is 2. The van der Waals surface area contributed by atoms with Crippen LogP contribution in [0.2, 0.25) is 0 Å². The van der Waals surface area contributed by atoms with Gasteiger partial charge in [-0.3, -0.25) is 28.0 Å². The Morgan fingerprint density at radius 3 is 2.43 bits per heavy atom. The smallest absolute Gasteiger partial charge is 0.352 e. The fourth-order valence-corrected chi connectivity index (χ4v) is 9.99. The van der Waals surface area contributed by atoms with Crippen LogP contribution in [0.3, 0.4) is 0 Å².